The highest BCUT2D eigenvalue weighted by atomic mass is 16.2. The van der Waals surface area contributed by atoms with Crippen LogP contribution in [0, 0.1) is 5.41 Å². The molecule has 0 atom stereocenters. The summed E-state index contributed by atoms with van der Waals surface area (Å²) in [5.74, 6) is 0. The van der Waals surface area contributed by atoms with E-state index in [-0.39, 0.29) is 6.03 Å². The fraction of sp³-hybridized carbons (Fsp3) is 0.750. The third-order valence-electron chi connectivity index (χ3n) is 4.98. The van der Waals surface area contributed by atoms with E-state index in [1.807, 2.05) is 29.0 Å². The Kier molecular flexibility index (Phi) is 4.27. The molecular formula is C16H27N5O. The van der Waals surface area contributed by atoms with Gasteiger partial charge in [-0.1, -0.05) is 13.3 Å². The molecule has 2 amide bonds. The zero-order valence-corrected chi connectivity index (χ0v) is 13.7. The van der Waals surface area contributed by atoms with Gasteiger partial charge in [0.2, 0.25) is 0 Å². The summed E-state index contributed by atoms with van der Waals surface area (Å²) in [5, 5.41) is 7.36. The molecule has 22 heavy (non-hydrogen) atoms. The van der Waals surface area contributed by atoms with E-state index in [0.29, 0.717) is 5.41 Å². The molecule has 122 valence electrons. The molecule has 6 nitrogen and oxygen atoms in total. The maximum atomic E-state index is 12.3. The molecular weight excluding hydrogens is 278 g/mol. The molecule has 0 spiro atoms. The third-order valence-corrected chi connectivity index (χ3v) is 4.98. The van der Waals surface area contributed by atoms with Crippen LogP contribution in [-0.2, 0) is 7.05 Å². The van der Waals surface area contributed by atoms with Crippen molar-refractivity contribution < 1.29 is 4.79 Å². The van der Waals surface area contributed by atoms with E-state index in [4.69, 9.17) is 0 Å². The van der Waals surface area contributed by atoms with Crippen molar-refractivity contribution in [2.75, 3.05) is 37.6 Å². The molecule has 1 aromatic rings. The first-order chi connectivity index (χ1) is 10.6. The van der Waals surface area contributed by atoms with Crippen molar-refractivity contribution in [2.45, 2.75) is 32.6 Å². The Balaban J connectivity index is 1.44. The Hall–Kier alpha value is -1.72. The zero-order chi connectivity index (χ0) is 15.6. The van der Waals surface area contributed by atoms with Crippen molar-refractivity contribution >= 4 is 11.7 Å². The lowest BCUT2D eigenvalue weighted by molar-refractivity contribution is 0.191. The number of hydrogen-bond donors (Lipinski definition) is 1. The molecule has 0 aromatic carbocycles. The van der Waals surface area contributed by atoms with Crippen LogP contribution in [0.5, 0.6) is 0 Å². The first kappa shape index (κ1) is 15.2. The van der Waals surface area contributed by atoms with Gasteiger partial charge in [-0.2, -0.15) is 5.10 Å². The van der Waals surface area contributed by atoms with Gasteiger partial charge in [0.15, 0.2) is 0 Å². The first-order valence-electron chi connectivity index (χ1n) is 8.38. The van der Waals surface area contributed by atoms with Gasteiger partial charge in [-0.15, -0.1) is 0 Å². The number of carbonyl (C=O) groups is 1. The Morgan fingerprint density at radius 1 is 1.32 bits per heavy atom. The van der Waals surface area contributed by atoms with Crippen LogP contribution in [0.3, 0.4) is 0 Å². The van der Waals surface area contributed by atoms with Gasteiger partial charge in [0.1, 0.15) is 0 Å². The van der Waals surface area contributed by atoms with E-state index in [2.05, 4.69) is 22.2 Å². The highest BCUT2D eigenvalue weighted by molar-refractivity contribution is 5.74. The second kappa shape index (κ2) is 6.18. The molecule has 1 saturated heterocycles. The summed E-state index contributed by atoms with van der Waals surface area (Å²) >= 11 is 0. The maximum absolute atomic E-state index is 12.3. The predicted octanol–water partition coefficient (Wildman–Crippen LogP) is 1.83. The highest BCUT2D eigenvalue weighted by Crippen LogP contribution is 2.48. The highest BCUT2D eigenvalue weighted by Gasteiger charge is 2.41. The largest absolute Gasteiger partial charge is 0.365 e. The standard InChI is InChI=1S/C16H27N5O/c1-3-4-16(5-6-16)13-17-15(22)21-9-7-20(8-10-21)14-11-18-19(2)12-14/h11-12H,3-10,13H2,1-2H3,(H,17,22). The normalized spacial score (nSPS) is 20.1. The number of nitrogens with zero attached hydrogens (tertiary/aromatic N) is 4. The predicted molar refractivity (Wildman–Crippen MR) is 87.0 cm³/mol. The van der Waals surface area contributed by atoms with Gasteiger partial charge in [0.25, 0.3) is 0 Å². The number of nitrogens with one attached hydrogen (secondary N) is 1. The lowest BCUT2D eigenvalue weighted by Gasteiger charge is -2.35. The van der Waals surface area contributed by atoms with Crippen molar-refractivity contribution in [1.82, 2.24) is 20.0 Å². The summed E-state index contributed by atoms with van der Waals surface area (Å²) < 4.78 is 1.82. The van der Waals surface area contributed by atoms with Crippen LogP contribution in [-0.4, -0.2) is 53.4 Å². The second-order valence-corrected chi connectivity index (χ2v) is 6.76. The van der Waals surface area contributed by atoms with Gasteiger partial charge in [-0.05, 0) is 24.7 Å². The molecule has 2 aliphatic rings. The summed E-state index contributed by atoms with van der Waals surface area (Å²) in [5.41, 5.74) is 1.56. The Morgan fingerprint density at radius 3 is 2.59 bits per heavy atom. The summed E-state index contributed by atoms with van der Waals surface area (Å²) in [4.78, 5) is 16.5. The van der Waals surface area contributed by atoms with Crippen molar-refractivity contribution in [2.24, 2.45) is 12.5 Å². The smallest absolute Gasteiger partial charge is 0.317 e. The molecule has 0 unspecified atom stereocenters. The number of urea groups is 1. The molecule has 2 heterocycles. The second-order valence-electron chi connectivity index (χ2n) is 6.76. The minimum atomic E-state index is 0.105. The van der Waals surface area contributed by atoms with Crippen molar-refractivity contribution in [3.05, 3.63) is 12.4 Å². The number of piperazine rings is 1. The number of rotatable bonds is 5. The number of anilines is 1. The molecule has 2 fully saturated rings. The van der Waals surface area contributed by atoms with E-state index in [9.17, 15) is 4.79 Å². The summed E-state index contributed by atoms with van der Waals surface area (Å²) in [6.07, 6.45) is 8.90. The fourth-order valence-electron chi connectivity index (χ4n) is 3.34. The van der Waals surface area contributed by atoms with Crippen molar-refractivity contribution in [3.8, 4) is 0 Å². The van der Waals surface area contributed by atoms with Crippen molar-refractivity contribution in [3.63, 3.8) is 0 Å². The van der Waals surface area contributed by atoms with Gasteiger partial charge in [-0.3, -0.25) is 4.68 Å². The Morgan fingerprint density at radius 2 is 2.05 bits per heavy atom. The molecule has 0 radical (unpaired) electrons. The average molecular weight is 305 g/mol. The van der Waals surface area contributed by atoms with Gasteiger partial charge in [0, 0.05) is 46.0 Å². The van der Waals surface area contributed by atoms with Gasteiger partial charge >= 0.3 is 6.03 Å². The molecule has 0 bridgehead atoms. The van der Waals surface area contributed by atoms with Crippen LogP contribution in [0.15, 0.2) is 12.4 Å². The fourth-order valence-corrected chi connectivity index (χ4v) is 3.34. The molecule has 6 heteroatoms. The van der Waals surface area contributed by atoms with Gasteiger partial charge in [-0.25, -0.2) is 4.79 Å². The van der Waals surface area contributed by atoms with E-state index >= 15 is 0 Å². The third kappa shape index (κ3) is 3.36. The van der Waals surface area contributed by atoms with E-state index in [0.717, 1.165) is 38.4 Å². The Labute approximate surface area is 132 Å². The summed E-state index contributed by atoms with van der Waals surface area (Å²) in [6, 6.07) is 0.105. The number of amides is 2. The lowest BCUT2D eigenvalue weighted by atomic mass is 10.0. The topological polar surface area (TPSA) is 53.4 Å². The van der Waals surface area contributed by atoms with Crippen molar-refractivity contribution in [1.29, 1.82) is 0 Å². The minimum absolute atomic E-state index is 0.105. The van der Waals surface area contributed by atoms with Crippen LogP contribution in [0.2, 0.25) is 0 Å². The number of aromatic nitrogens is 2. The van der Waals surface area contributed by atoms with Crippen LogP contribution in [0.1, 0.15) is 32.6 Å². The Bertz CT molecular complexity index is 514. The van der Waals surface area contributed by atoms with E-state index in [1.54, 1.807) is 0 Å². The zero-order valence-electron chi connectivity index (χ0n) is 13.7. The van der Waals surface area contributed by atoms with E-state index < -0.39 is 0 Å². The molecule has 1 aromatic heterocycles. The van der Waals surface area contributed by atoms with Crippen LogP contribution in [0.25, 0.3) is 0 Å². The van der Waals surface area contributed by atoms with Gasteiger partial charge in [0.05, 0.1) is 11.9 Å². The van der Waals surface area contributed by atoms with Gasteiger partial charge < -0.3 is 15.1 Å². The molecule has 1 aliphatic carbocycles. The minimum Gasteiger partial charge on any atom is -0.365 e. The molecule has 1 aliphatic heterocycles. The SMILES string of the molecule is CCCC1(CNC(=O)N2CCN(c3cnn(C)c3)CC2)CC1. The first-order valence-corrected chi connectivity index (χ1v) is 8.38. The monoisotopic (exact) mass is 305 g/mol. The van der Waals surface area contributed by atoms with E-state index in [1.165, 1.54) is 25.7 Å². The number of carbonyl (C=O) groups excluding carboxylic acids is 1. The number of aryl methyl sites for hydroxylation is 1. The maximum Gasteiger partial charge on any atom is 0.317 e. The van der Waals surface area contributed by atoms with Crippen LogP contribution in [0.4, 0.5) is 10.5 Å². The number of hydrogen-bond acceptors (Lipinski definition) is 3. The molecule has 1 N–H and O–H groups in total. The summed E-state index contributed by atoms with van der Waals surface area (Å²) in [6.45, 7) is 6.38. The summed E-state index contributed by atoms with van der Waals surface area (Å²) in [7, 11) is 1.93. The van der Waals surface area contributed by atoms with Crippen LogP contribution >= 0.6 is 0 Å². The lowest BCUT2D eigenvalue weighted by Crippen LogP contribution is -2.52. The molecule has 3 rings (SSSR count). The molecule has 1 saturated carbocycles. The average Bonchev–Trinajstić information content (AvgIpc) is 3.16. The quantitative estimate of drug-likeness (QED) is 0.903. The van der Waals surface area contributed by atoms with Crippen LogP contribution < -0.4 is 10.2 Å².